The maximum atomic E-state index is 14.6. The van der Waals surface area contributed by atoms with Crippen molar-refractivity contribution in [3.8, 4) is 0 Å². The largest absolute Gasteiger partial charge is 0.369 e. The van der Waals surface area contributed by atoms with Gasteiger partial charge in [-0.3, -0.25) is 4.90 Å². The van der Waals surface area contributed by atoms with E-state index in [2.05, 4.69) is 25.0 Å². The Bertz CT molecular complexity index is 1680. The molecule has 0 bridgehead atoms. The lowest BCUT2D eigenvalue weighted by molar-refractivity contribution is 0.245. The molecule has 2 aromatic carbocycles. The van der Waals surface area contributed by atoms with Gasteiger partial charge in [0.1, 0.15) is 5.82 Å². The van der Waals surface area contributed by atoms with Crippen molar-refractivity contribution in [2.45, 2.75) is 26.9 Å². The summed E-state index contributed by atoms with van der Waals surface area (Å²) >= 11 is 0. The van der Waals surface area contributed by atoms with E-state index in [1.165, 1.54) is 9.08 Å². The number of aromatic nitrogens is 6. The SMILES string of the molecule is Cc1cc(F)c(N2CCN(CCn3ncc4c3nc(N)n3c(=O)n(Cc5ccccc5)nc43)CC2)cc1C. The third kappa shape index (κ3) is 4.28. The van der Waals surface area contributed by atoms with E-state index in [-0.39, 0.29) is 17.5 Å². The van der Waals surface area contributed by atoms with Gasteiger partial charge in [-0.1, -0.05) is 30.3 Å². The number of fused-ring (bicyclic) bond motifs is 3. The predicted molar refractivity (Wildman–Crippen MR) is 145 cm³/mol. The van der Waals surface area contributed by atoms with Crippen LogP contribution in [0.25, 0.3) is 16.7 Å². The van der Waals surface area contributed by atoms with Crippen LogP contribution in [0, 0.1) is 19.7 Å². The van der Waals surface area contributed by atoms with Crippen LogP contribution in [0.15, 0.2) is 53.5 Å². The summed E-state index contributed by atoms with van der Waals surface area (Å²) in [5.74, 6) is -0.0764. The molecule has 0 spiro atoms. The summed E-state index contributed by atoms with van der Waals surface area (Å²) in [4.78, 5) is 22.0. The van der Waals surface area contributed by atoms with Gasteiger partial charge in [-0.25, -0.2) is 22.9 Å². The van der Waals surface area contributed by atoms with Crippen LogP contribution in [0.5, 0.6) is 0 Å². The minimum Gasteiger partial charge on any atom is -0.369 e. The van der Waals surface area contributed by atoms with Crippen LogP contribution < -0.4 is 16.3 Å². The fourth-order valence-corrected chi connectivity index (χ4v) is 5.08. The summed E-state index contributed by atoms with van der Waals surface area (Å²) in [6.07, 6.45) is 1.69. The molecule has 2 N–H and O–H groups in total. The van der Waals surface area contributed by atoms with E-state index >= 15 is 0 Å². The molecule has 4 heterocycles. The highest BCUT2D eigenvalue weighted by atomic mass is 19.1. The van der Waals surface area contributed by atoms with Crippen molar-refractivity contribution >= 4 is 28.3 Å². The second kappa shape index (κ2) is 9.56. The molecule has 38 heavy (non-hydrogen) atoms. The van der Waals surface area contributed by atoms with Crippen molar-refractivity contribution in [1.29, 1.82) is 0 Å². The van der Waals surface area contributed by atoms with Crippen molar-refractivity contribution in [3.63, 3.8) is 0 Å². The zero-order valence-corrected chi connectivity index (χ0v) is 21.5. The lowest BCUT2D eigenvalue weighted by Gasteiger charge is -2.36. The van der Waals surface area contributed by atoms with Crippen molar-refractivity contribution in [3.05, 3.63) is 81.7 Å². The fourth-order valence-electron chi connectivity index (χ4n) is 5.08. The number of nitrogens with zero attached hydrogens (tertiary/aromatic N) is 8. The van der Waals surface area contributed by atoms with Crippen LogP contribution >= 0.6 is 0 Å². The highest BCUT2D eigenvalue weighted by molar-refractivity contribution is 5.89. The number of nitrogen functional groups attached to an aromatic ring is 1. The Morgan fingerprint density at radius 1 is 0.947 bits per heavy atom. The lowest BCUT2D eigenvalue weighted by atomic mass is 10.1. The first-order valence-electron chi connectivity index (χ1n) is 12.8. The topological polar surface area (TPSA) is 103 Å². The standard InChI is InChI=1S/C27H30FN9O/c1-18-14-22(28)23(15-19(18)2)34-11-8-33(9-12-34)10-13-35-24-21(16-30-35)25-32-36(17-20-6-4-3-5-7-20)27(38)37(25)26(29)31-24/h3-7,14-16H,8-13,17H2,1-2H3,(H2,29,31). The molecule has 1 fully saturated rings. The number of benzene rings is 2. The third-order valence-corrected chi connectivity index (χ3v) is 7.42. The molecule has 0 saturated carbocycles. The van der Waals surface area contributed by atoms with Crippen LogP contribution in [0.2, 0.25) is 0 Å². The van der Waals surface area contributed by atoms with Crippen LogP contribution in [0.1, 0.15) is 16.7 Å². The molecule has 196 valence electrons. The number of hydrogen-bond donors (Lipinski definition) is 1. The highest BCUT2D eigenvalue weighted by Crippen LogP contribution is 2.25. The summed E-state index contributed by atoms with van der Waals surface area (Å²) in [6.45, 7) is 8.83. The van der Waals surface area contributed by atoms with Crippen molar-refractivity contribution < 1.29 is 4.39 Å². The van der Waals surface area contributed by atoms with Gasteiger partial charge in [0.25, 0.3) is 0 Å². The van der Waals surface area contributed by atoms with E-state index in [0.717, 1.165) is 49.4 Å². The Balaban J connectivity index is 1.17. The molecule has 1 aliphatic heterocycles. The Labute approximate surface area is 218 Å². The zero-order valence-electron chi connectivity index (χ0n) is 21.5. The quantitative estimate of drug-likeness (QED) is 0.371. The van der Waals surface area contributed by atoms with Gasteiger partial charge in [0.05, 0.1) is 30.4 Å². The molecule has 3 aromatic heterocycles. The van der Waals surface area contributed by atoms with Crippen LogP contribution in [0.3, 0.4) is 0 Å². The monoisotopic (exact) mass is 515 g/mol. The van der Waals surface area contributed by atoms with Gasteiger partial charge in [-0.05, 0) is 42.7 Å². The van der Waals surface area contributed by atoms with Crippen LogP contribution in [-0.4, -0.2) is 66.6 Å². The first kappa shape index (κ1) is 24.1. The van der Waals surface area contributed by atoms with E-state index < -0.39 is 0 Å². The minimum absolute atomic E-state index is 0.0857. The van der Waals surface area contributed by atoms with E-state index in [1.807, 2.05) is 54.9 Å². The van der Waals surface area contributed by atoms with E-state index in [1.54, 1.807) is 12.3 Å². The van der Waals surface area contributed by atoms with Crippen molar-refractivity contribution in [2.75, 3.05) is 43.4 Å². The molecule has 0 radical (unpaired) electrons. The number of hydrogen-bond acceptors (Lipinski definition) is 7. The molecule has 6 rings (SSSR count). The predicted octanol–water partition coefficient (Wildman–Crippen LogP) is 2.45. The average Bonchev–Trinajstić information content (AvgIpc) is 3.47. The second-order valence-corrected chi connectivity index (χ2v) is 9.88. The molecule has 1 aliphatic rings. The molecule has 11 heteroatoms. The number of rotatable bonds is 6. The number of halogens is 1. The minimum atomic E-state index is -0.332. The van der Waals surface area contributed by atoms with Gasteiger partial charge >= 0.3 is 5.69 Å². The number of nitrogens with two attached hydrogens (primary N) is 1. The van der Waals surface area contributed by atoms with E-state index in [0.29, 0.717) is 35.5 Å². The van der Waals surface area contributed by atoms with Crippen molar-refractivity contribution in [2.24, 2.45) is 0 Å². The Kier molecular flexibility index (Phi) is 6.07. The summed E-state index contributed by atoms with van der Waals surface area (Å²) in [7, 11) is 0. The van der Waals surface area contributed by atoms with Gasteiger partial charge < -0.3 is 10.6 Å². The maximum Gasteiger partial charge on any atom is 0.353 e. The number of aryl methyl sites for hydroxylation is 2. The van der Waals surface area contributed by atoms with Gasteiger partial charge in [0, 0.05) is 32.7 Å². The summed E-state index contributed by atoms with van der Waals surface area (Å²) < 4.78 is 19.1. The molecular weight excluding hydrogens is 485 g/mol. The third-order valence-electron chi connectivity index (χ3n) is 7.42. The van der Waals surface area contributed by atoms with Gasteiger partial charge in [-0.15, -0.1) is 5.10 Å². The lowest BCUT2D eigenvalue weighted by Crippen LogP contribution is -2.47. The molecule has 5 aromatic rings. The van der Waals surface area contributed by atoms with Gasteiger partial charge in [-0.2, -0.15) is 10.1 Å². The van der Waals surface area contributed by atoms with E-state index in [4.69, 9.17) is 5.73 Å². The summed E-state index contributed by atoms with van der Waals surface area (Å²) in [6, 6.07) is 13.2. The fraction of sp³-hybridized carbons (Fsp3) is 0.333. The van der Waals surface area contributed by atoms with Gasteiger partial charge in [0.2, 0.25) is 5.95 Å². The molecule has 1 saturated heterocycles. The average molecular weight is 516 g/mol. The molecule has 0 unspecified atom stereocenters. The van der Waals surface area contributed by atoms with Crippen LogP contribution in [-0.2, 0) is 13.1 Å². The first-order valence-corrected chi connectivity index (χ1v) is 12.8. The molecule has 0 amide bonds. The highest BCUT2D eigenvalue weighted by Gasteiger charge is 2.22. The number of piperazine rings is 1. The maximum absolute atomic E-state index is 14.6. The van der Waals surface area contributed by atoms with Gasteiger partial charge in [0.15, 0.2) is 11.3 Å². The van der Waals surface area contributed by atoms with E-state index in [9.17, 15) is 9.18 Å². The summed E-state index contributed by atoms with van der Waals surface area (Å²) in [5.41, 5.74) is 10.6. The zero-order chi connectivity index (χ0) is 26.4. The Morgan fingerprint density at radius 2 is 1.68 bits per heavy atom. The summed E-state index contributed by atoms with van der Waals surface area (Å²) in [5, 5.41) is 9.77. The Hall–Kier alpha value is -4.25. The first-order chi connectivity index (χ1) is 18.4. The van der Waals surface area contributed by atoms with Crippen molar-refractivity contribution in [1.82, 2.24) is 33.8 Å². The van der Waals surface area contributed by atoms with Crippen LogP contribution in [0.4, 0.5) is 16.0 Å². The molecule has 0 aliphatic carbocycles. The molecule has 0 atom stereocenters. The normalized spacial score (nSPS) is 14.7. The Morgan fingerprint density at radius 3 is 2.45 bits per heavy atom. The second-order valence-electron chi connectivity index (χ2n) is 9.88. The number of anilines is 2. The smallest absolute Gasteiger partial charge is 0.353 e. The molecular formula is C27H30FN9O. The molecule has 10 nitrogen and oxygen atoms in total.